The average molecular weight is 145 g/mol. The molecule has 1 saturated heterocycles. The third-order valence-corrected chi connectivity index (χ3v) is 1.74. The van der Waals surface area contributed by atoms with E-state index >= 15 is 0 Å². The number of ether oxygens (including phenoxy) is 1. The Labute approximate surface area is 61.3 Å². The summed E-state index contributed by atoms with van der Waals surface area (Å²) in [5.41, 5.74) is 0. The van der Waals surface area contributed by atoms with E-state index in [1.54, 1.807) is 5.01 Å². The summed E-state index contributed by atoms with van der Waals surface area (Å²) in [4.78, 5) is 0. The Morgan fingerprint density at radius 2 is 2.50 bits per heavy atom. The largest absolute Gasteiger partial charge is 0.365 e. The number of nitrogens with zero attached hydrogens (tertiary/aromatic N) is 1. The van der Waals surface area contributed by atoms with Gasteiger partial charge in [0.1, 0.15) is 0 Å². The summed E-state index contributed by atoms with van der Waals surface area (Å²) in [6, 6.07) is 0.370. The molecule has 0 aromatic heterocycles. The summed E-state index contributed by atoms with van der Waals surface area (Å²) in [7, 11) is 1.87. The molecule has 1 rings (SSSR count). The molecule has 3 N–H and O–H groups in total. The molecule has 0 aromatic carbocycles. The van der Waals surface area contributed by atoms with Crippen LogP contribution >= 0.6 is 0 Å². The van der Waals surface area contributed by atoms with Crippen LogP contribution < -0.4 is 11.2 Å². The Kier molecular flexibility index (Phi) is 3.08. The van der Waals surface area contributed by atoms with Gasteiger partial charge in [0, 0.05) is 13.1 Å². The van der Waals surface area contributed by atoms with E-state index in [-0.39, 0.29) is 0 Å². The lowest BCUT2D eigenvalue weighted by molar-refractivity contribution is 0.0793. The maximum Gasteiger partial charge on any atom is 0.0966 e. The van der Waals surface area contributed by atoms with Gasteiger partial charge < -0.3 is 4.74 Å². The lowest BCUT2D eigenvalue weighted by Gasteiger charge is -2.20. The molecule has 1 aliphatic rings. The number of nitrogens with one attached hydrogen (secondary N) is 1. The van der Waals surface area contributed by atoms with Gasteiger partial charge in [-0.15, -0.1) is 0 Å². The normalized spacial score (nSPS) is 28.5. The van der Waals surface area contributed by atoms with Crippen molar-refractivity contribution >= 4 is 0 Å². The highest BCUT2D eigenvalue weighted by atomic mass is 16.5. The van der Waals surface area contributed by atoms with Crippen molar-refractivity contribution in [3.8, 4) is 0 Å². The van der Waals surface area contributed by atoms with Gasteiger partial charge in [0.15, 0.2) is 0 Å². The standard InChI is InChI=1S/C6H15N3O/c1-9(7)6-2-3-8-5-10-4-6/h6,8H,2-5,7H2,1H3/t6-/m0/s1. The van der Waals surface area contributed by atoms with Crippen molar-refractivity contribution in [2.24, 2.45) is 5.84 Å². The molecule has 4 nitrogen and oxygen atoms in total. The minimum atomic E-state index is 0.370. The van der Waals surface area contributed by atoms with Crippen LogP contribution in [0.3, 0.4) is 0 Å². The molecule has 1 aliphatic heterocycles. The first kappa shape index (κ1) is 7.94. The molecule has 1 atom stereocenters. The number of hydrogen-bond donors (Lipinski definition) is 2. The van der Waals surface area contributed by atoms with Crippen LogP contribution in [0.25, 0.3) is 0 Å². The van der Waals surface area contributed by atoms with Gasteiger partial charge in [0.05, 0.1) is 13.3 Å². The van der Waals surface area contributed by atoms with Crippen molar-refractivity contribution < 1.29 is 4.74 Å². The van der Waals surface area contributed by atoms with E-state index in [9.17, 15) is 0 Å². The first-order valence-corrected chi connectivity index (χ1v) is 3.56. The highest BCUT2D eigenvalue weighted by Gasteiger charge is 2.13. The Hall–Kier alpha value is -0.160. The van der Waals surface area contributed by atoms with Gasteiger partial charge in [0.2, 0.25) is 0 Å². The molecule has 1 fully saturated rings. The molecule has 60 valence electrons. The molecule has 10 heavy (non-hydrogen) atoms. The van der Waals surface area contributed by atoms with Crippen LogP contribution in [0.4, 0.5) is 0 Å². The van der Waals surface area contributed by atoms with Crippen LogP contribution in [-0.2, 0) is 4.74 Å². The Balaban J connectivity index is 2.28. The third kappa shape index (κ3) is 2.22. The number of hydrazine groups is 1. The molecule has 0 spiro atoms. The number of nitrogens with two attached hydrogens (primary N) is 1. The van der Waals surface area contributed by atoms with E-state index in [4.69, 9.17) is 10.6 Å². The highest BCUT2D eigenvalue weighted by molar-refractivity contribution is 4.67. The SMILES string of the molecule is CN(N)[C@H]1CCNCOC1. The van der Waals surface area contributed by atoms with Crippen molar-refractivity contribution in [1.82, 2.24) is 10.3 Å². The molecule has 4 heteroatoms. The van der Waals surface area contributed by atoms with Crippen molar-refractivity contribution in [1.29, 1.82) is 0 Å². The van der Waals surface area contributed by atoms with Gasteiger partial charge in [-0.1, -0.05) is 0 Å². The van der Waals surface area contributed by atoms with Crippen molar-refractivity contribution in [2.45, 2.75) is 12.5 Å². The van der Waals surface area contributed by atoms with Gasteiger partial charge in [-0.25, -0.2) is 5.01 Å². The number of likely N-dealkylation sites (N-methyl/N-ethyl adjacent to an activating group) is 1. The van der Waals surface area contributed by atoms with Crippen molar-refractivity contribution in [3.05, 3.63) is 0 Å². The van der Waals surface area contributed by atoms with E-state index in [1.807, 2.05) is 7.05 Å². The number of hydrogen-bond acceptors (Lipinski definition) is 4. The van der Waals surface area contributed by atoms with Crippen molar-refractivity contribution in [2.75, 3.05) is 26.9 Å². The summed E-state index contributed by atoms with van der Waals surface area (Å²) >= 11 is 0. The van der Waals surface area contributed by atoms with Gasteiger partial charge in [-0.2, -0.15) is 0 Å². The van der Waals surface area contributed by atoms with Crippen LogP contribution in [0.1, 0.15) is 6.42 Å². The first-order valence-electron chi connectivity index (χ1n) is 3.56. The minimum Gasteiger partial charge on any atom is -0.365 e. The molecule has 0 unspecified atom stereocenters. The third-order valence-electron chi connectivity index (χ3n) is 1.74. The zero-order valence-corrected chi connectivity index (χ0v) is 6.34. The van der Waals surface area contributed by atoms with Crippen LogP contribution in [-0.4, -0.2) is 38.0 Å². The fraction of sp³-hybridized carbons (Fsp3) is 1.00. The minimum absolute atomic E-state index is 0.370. The smallest absolute Gasteiger partial charge is 0.0966 e. The van der Waals surface area contributed by atoms with E-state index in [2.05, 4.69) is 5.32 Å². The zero-order chi connectivity index (χ0) is 7.40. The second-order valence-electron chi connectivity index (χ2n) is 2.62. The predicted molar refractivity (Wildman–Crippen MR) is 39.2 cm³/mol. The molecule has 0 bridgehead atoms. The van der Waals surface area contributed by atoms with Crippen LogP contribution in [0.2, 0.25) is 0 Å². The molecular weight excluding hydrogens is 130 g/mol. The lowest BCUT2D eigenvalue weighted by atomic mass is 10.2. The molecule has 0 radical (unpaired) electrons. The second-order valence-corrected chi connectivity index (χ2v) is 2.62. The fourth-order valence-corrected chi connectivity index (χ4v) is 1.01. The predicted octanol–water partition coefficient (Wildman–Crippen LogP) is -0.872. The zero-order valence-electron chi connectivity index (χ0n) is 6.34. The first-order chi connectivity index (χ1) is 4.80. The Morgan fingerprint density at radius 1 is 1.70 bits per heavy atom. The van der Waals surface area contributed by atoms with Crippen molar-refractivity contribution in [3.63, 3.8) is 0 Å². The summed E-state index contributed by atoms with van der Waals surface area (Å²) in [6.45, 7) is 2.39. The van der Waals surface area contributed by atoms with Gasteiger partial charge in [-0.3, -0.25) is 11.2 Å². The molecule has 0 aliphatic carbocycles. The van der Waals surface area contributed by atoms with E-state index in [0.29, 0.717) is 12.8 Å². The second kappa shape index (κ2) is 3.88. The monoisotopic (exact) mass is 145 g/mol. The average Bonchev–Trinajstić information content (AvgIpc) is 2.12. The Morgan fingerprint density at radius 3 is 3.20 bits per heavy atom. The van der Waals surface area contributed by atoms with Crippen LogP contribution in [0.5, 0.6) is 0 Å². The maximum absolute atomic E-state index is 5.56. The molecular formula is C6H15N3O. The van der Waals surface area contributed by atoms with Gasteiger partial charge in [0.25, 0.3) is 0 Å². The molecule has 0 amide bonds. The molecule has 1 heterocycles. The fourth-order valence-electron chi connectivity index (χ4n) is 1.01. The maximum atomic E-state index is 5.56. The van der Waals surface area contributed by atoms with E-state index < -0.39 is 0 Å². The highest BCUT2D eigenvalue weighted by Crippen LogP contribution is 1.99. The number of rotatable bonds is 1. The summed E-state index contributed by atoms with van der Waals surface area (Å²) in [6.07, 6.45) is 1.06. The van der Waals surface area contributed by atoms with Crippen LogP contribution in [0, 0.1) is 0 Å². The summed E-state index contributed by atoms with van der Waals surface area (Å²) < 4.78 is 5.24. The lowest BCUT2D eigenvalue weighted by Crippen LogP contribution is -2.40. The van der Waals surface area contributed by atoms with Gasteiger partial charge in [-0.05, 0) is 13.0 Å². The summed E-state index contributed by atoms with van der Waals surface area (Å²) in [5.74, 6) is 5.56. The quantitative estimate of drug-likeness (QED) is 0.372. The van der Waals surface area contributed by atoms with Gasteiger partial charge >= 0.3 is 0 Å². The Bertz CT molecular complexity index is 89.0. The van der Waals surface area contributed by atoms with E-state index in [0.717, 1.165) is 19.6 Å². The topological polar surface area (TPSA) is 50.5 Å². The summed E-state index contributed by atoms with van der Waals surface area (Å²) in [5, 5.41) is 4.84. The molecule has 0 aromatic rings. The van der Waals surface area contributed by atoms with Crippen LogP contribution in [0.15, 0.2) is 0 Å². The molecule has 0 saturated carbocycles. The van der Waals surface area contributed by atoms with E-state index in [1.165, 1.54) is 0 Å².